The summed E-state index contributed by atoms with van der Waals surface area (Å²) in [7, 11) is 0. The Balaban J connectivity index is 1.93. The fourth-order valence-electron chi connectivity index (χ4n) is 1.79. The highest BCUT2D eigenvalue weighted by atomic mass is 19.4. The van der Waals surface area contributed by atoms with Crippen LogP contribution in [-0.2, 0) is 6.54 Å². The zero-order valence-corrected chi connectivity index (χ0v) is 12.0. The van der Waals surface area contributed by atoms with Crippen LogP contribution in [0.3, 0.4) is 0 Å². The van der Waals surface area contributed by atoms with Gasteiger partial charge in [-0.1, -0.05) is 12.1 Å². The van der Waals surface area contributed by atoms with E-state index in [1.807, 2.05) is 0 Å². The van der Waals surface area contributed by atoms with Gasteiger partial charge in [-0.05, 0) is 29.8 Å². The number of urea groups is 1. The molecule has 0 spiro atoms. The number of benzene rings is 2. The van der Waals surface area contributed by atoms with E-state index in [0.717, 1.165) is 24.3 Å². The van der Waals surface area contributed by atoms with E-state index < -0.39 is 29.8 Å². The maximum Gasteiger partial charge on any atom is 0.573 e. The third-order valence-electron chi connectivity index (χ3n) is 2.76. The molecule has 2 aromatic carbocycles. The van der Waals surface area contributed by atoms with Crippen LogP contribution in [0.1, 0.15) is 5.56 Å². The summed E-state index contributed by atoms with van der Waals surface area (Å²) in [6.07, 6.45) is -4.82. The second kappa shape index (κ2) is 7.16. The molecule has 2 aromatic rings. The van der Waals surface area contributed by atoms with Gasteiger partial charge in [0.2, 0.25) is 0 Å². The van der Waals surface area contributed by atoms with E-state index in [1.165, 1.54) is 12.1 Å². The monoisotopic (exact) mass is 346 g/mol. The minimum Gasteiger partial charge on any atom is -0.406 e. The molecule has 0 atom stereocenters. The van der Waals surface area contributed by atoms with E-state index in [1.54, 1.807) is 0 Å². The topological polar surface area (TPSA) is 50.4 Å². The molecule has 0 aliphatic heterocycles. The van der Waals surface area contributed by atoms with Crippen LogP contribution in [-0.4, -0.2) is 12.4 Å². The second-order valence-corrected chi connectivity index (χ2v) is 4.63. The molecule has 128 valence electrons. The van der Waals surface area contributed by atoms with Gasteiger partial charge in [-0.2, -0.15) is 0 Å². The van der Waals surface area contributed by atoms with Crippen molar-refractivity contribution in [1.82, 2.24) is 5.32 Å². The quantitative estimate of drug-likeness (QED) is 0.816. The molecular formula is C15H11F5N2O2. The van der Waals surface area contributed by atoms with Crippen molar-refractivity contribution in [3.05, 3.63) is 59.7 Å². The maximum atomic E-state index is 13.4. The second-order valence-electron chi connectivity index (χ2n) is 4.63. The standard InChI is InChI=1S/C15H11F5N2O2/c16-10-4-5-13(12(17)7-10)22-14(23)21-8-9-2-1-3-11(6-9)24-15(18,19)20/h1-7H,8H2,(H2,21,22,23). The van der Waals surface area contributed by atoms with Crippen LogP contribution >= 0.6 is 0 Å². The molecule has 0 aromatic heterocycles. The van der Waals surface area contributed by atoms with Gasteiger partial charge in [0.15, 0.2) is 0 Å². The number of anilines is 1. The number of halogens is 5. The molecule has 0 radical (unpaired) electrons. The summed E-state index contributed by atoms with van der Waals surface area (Å²) in [5.41, 5.74) is 0.106. The van der Waals surface area contributed by atoms with Crippen LogP contribution in [0.15, 0.2) is 42.5 Å². The molecule has 2 amide bonds. The first-order valence-corrected chi connectivity index (χ1v) is 6.57. The van der Waals surface area contributed by atoms with Crippen LogP contribution in [0, 0.1) is 11.6 Å². The fraction of sp³-hybridized carbons (Fsp3) is 0.133. The molecule has 2 rings (SSSR count). The van der Waals surface area contributed by atoms with Crippen molar-refractivity contribution in [3.63, 3.8) is 0 Å². The largest absolute Gasteiger partial charge is 0.573 e. The zero-order valence-electron chi connectivity index (χ0n) is 12.0. The van der Waals surface area contributed by atoms with Crippen LogP contribution in [0.2, 0.25) is 0 Å². The predicted molar refractivity (Wildman–Crippen MR) is 75.3 cm³/mol. The minimum atomic E-state index is -4.82. The first-order valence-electron chi connectivity index (χ1n) is 6.57. The van der Waals surface area contributed by atoms with E-state index in [2.05, 4.69) is 15.4 Å². The van der Waals surface area contributed by atoms with Gasteiger partial charge < -0.3 is 15.4 Å². The molecule has 0 unspecified atom stereocenters. The Hall–Kier alpha value is -2.84. The van der Waals surface area contributed by atoms with Gasteiger partial charge in [0.1, 0.15) is 17.4 Å². The first kappa shape index (κ1) is 17.5. The van der Waals surface area contributed by atoms with Gasteiger partial charge in [0.25, 0.3) is 0 Å². The SMILES string of the molecule is O=C(NCc1cccc(OC(F)(F)F)c1)Nc1ccc(F)cc1F. The summed E-state index contributed by atoms with van der Waals surface area (Å²) in [4.78, 5) is 11.6. The van der Waals surface area contributed by atoms with E-state index >= 15 is 0 Å². The Kier molecular flexibility index (Phi) is 5.22. The summed E-state index contributed by atoms with van der Waals surface area (Å²) in [6, 6.07) is 6.84. The Morgan fingerprint density at radius 2 is 1.83 bits per heavy atom. The van der Waals surface area contributed by atoms with Crippen molar-refractivity contribution >= 4 is 11.7 Å². The van der Waals surface area contributed by atoms with Crippen LogP contribution in [0.25, 0.3) is 0 Å². The maximum absolute atomic E-state index is 13.4. The lowest BCUT2D eigenvalue weighted by molar-refractivity contribution is -0.274. The van der Waals surface area contributed by atoms with Crippen molar-refractivity contribution in [1.29, 1.82) is 0 Å². The molecule has 0 saturated heterocycles. The summed E-state index contributed by atoms with van der Waals surface area (Å²) in [6.45, 7) is -0.121. The van der Waals surface area contributed by atoms with Crippen LogP contribution < -0.4 is 15.4 Å². The highest BCUT2D eigenvalue weighted by Crippen LogP contribution is 2.23. The van der Waals surface area contributed by atoms with Crippen molar-refractivity contribution in [3.8, 4) is 5.75 Å². The van der Waals surface area contributed by atoms with Crippen LogP contribution in [0.5, 0.6) is 5.75 Å². The summed E-state index contributed by atoms with van der Waals surface area (Å²) in [5, 5.41) is 4.49. The average molecular weight is 346 g/mol. The number of rotatable bonds is 4. The lowest BCUT2D eigenvalue weighted by atomic mass is 10.2. The molecule has 0 bridgehead atoms. The lowest BCUT2D eigenvalue weighted by Crippen LogP contribution is -2.28. The summed E-state index contributed by atoms with van der Waals surface area (Å²) >= 11 is 0. The number of hydrogen-bond acceptors (Lipinski definition) is 2. The lowest BCUT2D eigenvalue weighted by Gasteiger charge is -2.11. The molecule has 2 N–H and O–H groups in total. The Morgan fingerprint density at radius 1 is 1.08 bits per heavy atom. The molecule has 0 aliphatic rings. The first-order chi connectivity index (χ1) is 11.2. The van der Waals surface area contributed by atoms with Gasteiger partial charge in [0.05, 0.1) is 5.69 Å². The van der Waals surface area contributed by atoms with E-state index in [-0.39, 0.29) is 12.2 Å². The van der Waals surface area contributed by atoms with E-state index in [9.17, 15) is 26.7 Å². The van der Waals surface area contributed by atoms with Gasteiger partial charge in [-0.3, -0.25) is 0 Å². The predicted octanol–water partition coefficient (Wildman–Crippen LogP) is 4.19. The van der Waals surface area contributed by atoms with E-state index in [4.69, 9.17) is 0 Å². The molecule has 0 aliphatic carbocycles. The highest BCUT2D eigenvalue weighted by molar-refractivity contribution is 5.89. The number of ether oxygens (including phenoxy) is 1. The van der Waals surface area contributed by atoms with Gasteiger partial charge in [-0.25, -0.2) is 13.6 Å². The Labute approximate surface area is 133 Å². The molecular weight excluding hydrogens is 335 g/mol. The molecule has 0 fully saturated rings. The van der Waals surface area contributed by atoms with Crippen molar-refractivity contribution in [2.75, 3.05) is 5.32 Å². The Bertz CT molecular complexity index is 734. The van der Waals surface area contributed by atoms with Crippen LogP contribution in [0.4, 0.5) is 32.4 Å². The normalized spacial score (nSPS) is 11.0. The van der Waals surface area contributed by atoms with E-state index in [0.29, 0.717) is 11.6 Å². The molecule has 0 saturated carbocycles. The van der Waals surface area contributed by atoms with Crippen molar-refractivity contribution in [2.24, 2.45) is 0 Å². The van der Waals surface area contributed by atoms with Gasteiger partial charge >= 0.3 is 12.4 Å². The minimum absolute atomic E-state index is 0.121. The number of nitrogens with one attached hydrogen (secondary N) is 2. The average Bonchev–Trinajstić information content (AvgIpc) is 2.47. The zero-order chi connectivity index (χ0) is 17.7. The number of carbonyl (C=O) groups is 1. The third-order valence-corrected chi connectivity index (χ3v) is 2.76. The summed E-state index contributed by atoms with van der Waals surface area (Å²) in [5.74, 6) is -2.17. The fourth-order valence-corrected chi connectivity index (χ4v) is 1.79. The number of amides is 2. The summed E-state index contributed by atoms with van der Waals surface area (Å²) < 4.78 is 66.3. The number of hydrogen-bond donors (Lipinski definition) is 2. The highest BCUT2D eigenvalue weighted by Gasteiger charge is 2.31. The number of carbonyl (C=O) groups excluding carboxylic acids is 1. The molecule has 4 nitrogen and oxygen atoms in total. The molecule has 24 heavy (non-hydrogen) atoms. The smallest absolute Gasteiger partial charge is 0.406 e. The third kappa shape index (κ3) is 5.41. The number of alkyl halides is 3. The molecule has 9 heteroatoms. The van der Waals surface area contributed by atoms with Crippen molar-refractivity contribution < 1.29 is 31.5 Å². The molecule has 0 heterocycles. The van der Waals surface area contributed by atoms with Crippen molar-refractivity contribution in [2.45, 2.75) is 12.9 Å². The van der Waals surface area contributed by atoms with Gasteiger partial charge in [0, 0.05) is 12.6 Å². The Morgan fingerprint density at radius 3 is 2.50 bits per heavy atom. The van der Waals surface area contributed by atoms with Gasteiger partial charge in [-0.15, -0.1) is 13.2 Å².